The average molecular weight is 487 g/mol. The maximum atomic E-state index is 13.7. The van der Waals surface area contributed by atoms with Crippen LogP contribution in [-0.2, 0) is 11.3 Å². The number of aryl methyl sites for hydroxylation is 2. The van der Waals surface area contributed by atoms with E-state index in [1.54, 1.807) is 11.8 Å². The maximum Gasteiger partial charge on any atom is 0.270 e. The molecule has 2 aromatic carbocycles. The van der Waals surface area contributed by atoms with Gasteiger partial charge in [0.05, 0.1) is 6.04 Å². The van der Waals surface area contributed by atoms with Crippen molar-refractivity contribution in [3.05, 3.63) is 70.4 Å². The Balaban J connectivity index is 1.34. The largest absolute Gasteiger partial charge is 0.350 e. The van der Waals surface area contributed by atoms with Gasteiger partial charge >= 0.3 is 0 Å². The van der Waals surface area contributed by atoms with Gasteiger partial charge < -0.3 is 14.8 Å². The number of hydrogen-bond donors (Lipinski definition) is 1. The monoisotopic (exact) mass is 486 g/mol. The minimum absolute atomic E-state index is 0.0462. The second-order valence-corrected chi connectivity index (χ2v) is 10.7. The first-order valence-corrected chi connectivity index (χ1v) is 13.2. The molecule has 2 aliphatic heterocycles. The van der Waals surface area contributed by atoms with Gasteiger partial charge in [-0.2, -0.15) is 0 Å². The van der Waals surface area contributed by atoms with Gasteiger partial charge in [0.25, 0.3) is 5.91 Å². The van der Waals surface area contributed by atoms with Crippen LogP contribution in [0.5, 0.6) is 0 Å². The molecule has 1 unspecified atom stereocenters. The third-order valence-corrected chi connectivity index (χ3v) is 8.44. The minimum atomic E-state index is 0.0462. The summed E-state index contributed by atoms with van der Waals surface area (Å²) in [5, 5.41) is 1.13. The number of aromatic nitrogens is 1. The van der Waals surface area contributed by atoms with Crippen molar-refractivity contribution >= 4 is 22.7 Å². The van der Waals surface area contributed by atoms with Crippen LogP contribution in [-0.4, -0.2) is 70.8 Å². The normalized spacial score (nSPS) is 19.2. The number of aromatic amines is 1. The lowest BCUT2D eigenvalue weighted by atomic mass is 9.84. The van der Waals surface area contributed by atoms with Gasteiger partial charge in [0.15, 0.2) is 0 Å². The minimum Gasteiger partial charge on any atom is -0.350 e. The summed E-state index contributed by atoms with van der Waals surface area (Å²) in [4.78, 5) is 35.2. The number of carbonyl (C=O) groups is 2. The highest BCUT2D eigenvalue weighted by Gasteiger charge is 2.33. The van der Waals surface area contributed by atoms with E-state index in [9.17, 15) is 9.59 Å². The quantitative estimate of drug-likeness (QED) is 0.561. The number of likely N-dealkylation sites (tertiary alicyclic amines) is 2. The number of carbonyl (C=O) groups excluding carboxylic acids is 2. The zero-order chi connectivity index (χ0) is 25.4. The van der Waals surface area contributed by atoms with Crippen molar-refractivity contribution in [2.45, 2.75) is 58.5 Å². The molecular weight excluding hydrogens is 448 g/mol. The molecular formula is C30H38N4O2. The van der Waals surface area contributed by atoms with E-state index in [2.05, 4.69) is 60.1 Å². The van der Waals surface area contributed by atoms with E-state index in [0.717, 1.165) is 55.4 Å². The van der Waals surface area contributed by atoms with Gasteiger partial charge in [-0.1, -0.05) is 36.4 Å². The number of fused-ring (bicyclic) bond motifs is 1. The Kier molecular flexibility index (Phi) is 6.89. The zero-order valence-electron chi connectivity index (χ0n) is 22.0. The molecule has 0 bridgehead atoms. The van der Waals surface area contributed by atoms with Crippen LogP contribution in [0, 0.1) is 13.8 Å². The Bertz CT molecular complexity index is 1250. The molecule has 0 saturated carbocycles. The Labute approximate surface area is 214 Å². The first-order chi connectivity index (χ1) is 17.3. The highest BCUT2D eigenvalue weighted by Crippen LogP contribution is 2.34. The van der Waals surface area contributed by atoms with Crippen LogP contribution in [0.3, 0.4) is 0 Å². The van der Waals surface area contributed by atoms with Crippen molar-refractivity contribution in [2.75, 3.05) is 33.2 Å². The van der Waals surface area contributed by atoms with Gasteiger partial charge in [-0.15, -0.1) is 0 Å². The van der Waals surface area contributed by atoms with E-state index in [0.29, 0.717) is 24.7 Å². The Hall–Kier alpha value is -3.12. The molecule has 0 spiro atoms. The van der Waals surface area contributed by atoms with Crippen LogP contribution < -0.4 is 0 Å². The van der Waals surface area contributed by atoms with Gasteiger partial charge in [-0.25, -0.2) is 0 Å². The first-order valence-electron chi connectivity index (χ1n) is 13.2. The number of para-hydroxylation sites is 1. The highest BCUT2D eigenvalue weighted by atomic mass is 16.2. The predicted octanol–water partition coefficient (Wildman–Crippen LogP) is 4.86. The molecule has 2 fully saturated rings. The molecule has 1 aromatic heterocycles. The topological polar surface area (TPSA) is 59.7 Å². The van der Waals surface area contributed by atoms with Gasteiger partial charge in [-0.3, -0.25) is 14.5 Å². The highest BCUT2D eigenvalue weighted by molar-refractivity contribution is 6.01. The van der Waals surface area contributed by atoms with Crippen molar-refractivity contribution in [1.29, 1.82) is 0 Å². The van der Waals surface area contributed by atoms with Crippen LogP contribution in [0.25, 0.3) is 10.9 Å². The number of hydrogen-bond acceptors (Lipinski definition) is 3. The molecule has 2 saturated heterocycles. The molecule has 2 aliphatic rings. The standard InChI is InChI=1S/C30H38N4O2/c1-20-8-7-9-21(2)28(20)23-12-15-33(16-13-23)19-26-25-10-5-6-11-27(25)31-29(26)30(36)34-17-14-24(18-34)32(4)22(3)35/h5-11,23-24,31H,12-19H2,1-4H3. The average Bonchev–Trinajstić information content (AvgIpc) is 3.50. The summed E-state index contributed by atoms with van der Waals surface area (Å²) >= 11 is 0. The van der Waals surface area contributed by atoms with Crippen LogP contribution in [0.4, 0.5) is 0 Å². The van der Waals surface area contributed by atoms with Crippen LogP contribution >= 0.6 is 0 Å². The van der Waals surface area contributed by atoms with E-state index in [4.69, 9.17) is 0 Å². The van der Waals surface area contributed by atoms with Crippen LogP contribution in [0.15, 0.2) is 42.5 Å². The summed E-state index contributed by atoms with van der Waals surface area (Å²) in [6.07, 6.45) is 3.11. The summed E-state index contributed by atoms with van der Waals surface area (Å²) in [6.45, 7) is 10.1. The second-order valence-electron chi connectivity index (χ2n) is 10.7. The third-order valence-electron chi connectivity index (χ3n) is 8.44. The van der Waals surface area contributed by atoms with Crippen molar-refractivity contribution in [3.8, 4) is 0 Å². The van der Waals surface area contributed by atoms with Gasteiger partial charge in [0.2, 0.25) is 5.91 Å². The number of nitrogens with zero attached hydrogens (tertiary/aromatic N) is 3. The Morgan fingerprint density at radius 2 is 1.67 bits per heavy atom. The summed E-state index contributed by atoms with van der Waals surface area (Å²) in [6, 6.07) is 14.9. The molecule has 1 N–H and O–H groups in total. The van der Waals surface area contributed by atoms with Crippen molar-refractivity contribution in [2.24, 2.45) is 0 Å². The number of H-pyrrole nitrogens is 1. The maximum absolute atomic E-state index is 13.7. The molecule has 6 heteroatoms. The molecule has 3 aromatic rings. The molecule has 0 radical (unpaired) electrons. The van der Waals surface area contributed by atoms with E-state index in [1.807, 2.05) is 18.0 Å². The second kappa shape index (κ2) is 10.1. The SMILES string of the molecule is CC(=O)N(C)C1CCN(C(=O)c2[nH]c3ccccc3c2CN2CCC(c3c(C)cccc3C)CC2)C1. The summed E-state index contributed by atoms with van der Waals surface area (Å²) < 4.78 is 0. The Morgan fingerprint density at radius 1 is 0.972 bits per heavy atom. The van der Waals surface area contributed by atoms with Gasteiger partial charge in [0, 0.05) is 50.1 Å². The number of amides is 2. The van der Waals surface area contributed by atoms with Crippen molar-refractivity contribution in [3.63, 3.8) is 0 Å². The van der Waals surface area contributed by atoms with Gasteiger partial charge in [0.1, 0.15) is 5.69 Å². The molecule has 190 valence electrons. The molecule has 1 atom stereocenters. The molecule has 6 nitrogen and oxygen atoms in total. The molecule has 5 rings (SSSR count). The molecule has 36 heavy (non-hydrogen) atoms. The smallest absolute Gasteiger partial charge is 0.270 e. The van der Waals surface area contributed by atoms with Crippen LogP contribution in [0.1, 0.15) is 64.8 Å². The van der Waals surface area contributed by atoms with Crippen molar-refractivity contribution in [1.82, 2.24) is 19.7 Å². The van der Waals surface area contributed by atoms with E-state index in [-0.39, 0.29) is 17.9 Å². The number of nitrogens with one attached hydrogen (secondary N) is 1. The molecule has 0 aliphatic carbocycles. The fourth-order valence-corrected chi connectivity index (χ4v) is 6.28. The van der Waals surface area contributed by atoms with E-state index in [1.165, 1.54) is 16.7 Å². The lowest BCUT2D eigenvalue weighted by molar-refractivity contribution is -0.129. The summed E-state index contributed by atoms with van der Waals surface area (Å²) in [5.41, 5.74) is 7.15. The summed E-state index contributed by atoms with van der Waals surface area (Å²) in [5.74, 6) is 0.697. The number of likely N-dealkylation sites (N-methyl/N-ethyl adjacent to an activating group) is 1. The fraction of sp³-hybridized carbons (Fsp3) is 0.467. The fourth-order valence-electron chi connectivity index (χ4n) is 6.28. The van der Waals surface area contributed by atoms with Crippen molar-refractivity contribution < 1.29 is 9.59 Å². The van der Waals surface area contributed by atoms with E-state index < -0.39 is 0 Å². The molecule has 3 heterocycles. The van der Waals surface area contributed by atoms with Gasteiger partial charge in [-0.05, 0) is 74.9 Å². The van der Waals surface area contributed by atoms with Crippen LogP contribution in [0.2, 0.25) is 0 Å². The third kappa shape index (κ3) is 4.66. The predicted molar refractivity (Wildman–Crippen MR) is 144 cm³/mol. The lowest BCUT2D eigenvalue weighted by Gasteiger charge is -2.33. The Morgan fingerprint density at radius 3 is 2.36 bits per heavy atom. The number of benzene rings is 2. The summed E-state index contributed by atoms with van der Waals surface area (Å²) in [7, 11) is 1.83. The lowest BCUT2D eigenvalue weighted by Crippen LogP contribution is -2.39. The van der Waals surface area contributed by atoms with E-state index >= 15 is 0 Å². The number of piperidine rings is 1. The number of rotatable bonds is 5. The zero-order valence-corrected chi connectivity index (χ0v) is 22.0. The molecule has 2 amide bonds. The first kappa shape index (κ1) is 24.6.